The summed E-state index contributed by atoms with van der Waals surface area (Å²) in [7, 11) is 2.92. The minimum absolute atomic E-state index is 0.122. The Bertz CT molecular complexity index is 912. The highest BCUT2D eigenvalue weighted by atomic mass is 16.5. The molecule has 2 aromatic rings. The number of ether oxygens (including phenoxy) is 2. The summed E-state index contributed by atoms with van der Waals surface area (Å²) in [5.41, 5.74) is 1.87. The maximum absolute atomic E-state index is 12.4. The molecule has 1 fully saturated rings. The molecule has 0 saturated heterocycles. The molecule has 0 aromatic heterocycles. The van der Waals surface area contributed by atoms with Crippen LogP contribution in [0.2, 0.25) is 0 Å². The van der Waals surface area contributed by atoms with Gasteiger partial charge in [0.1, 0.15) is 5.75 Å². The van der Waals surface area contributed by atoms with E-state index in [9.17, 15) is 14.4 Å². The van der Waals surface area contributed by atoms with Gasteiger partial charge in [0, 0.05) is 12.2 Å². The van der Waals surface area contributed by atoms with Crippen LogP contribution in [-0.4, -0.2) is 38.5 Å². The minimum atomic E-state index is -0.472. The molecule has 0 radical (unpaired) electrons. The van der Waals surface area contributed by atoms with Gasteiger partial charge in [0.2, 0.25) is 11.8 Å². The van der Waals surface area contributed by atoms with Crippen molar-refractivity contribution in [3.63, 3.8) is 0 Å². The Hall–Kier alpha value is -3.35. The van der Waals surface area contributed by atoms with Crippen molar-refractivity contribution in [2.45, 2.75) is 12.8 Å². The van der Waals surface area contributed by atoms with Crippen molar-refractivity contribution >= 4 is 23.5 Å². The molecule has 1 aliphatic carbocycles. The zero-order chi connectivity index (χ0) is 20.8. The Morgan fingerprint density at radius 1 is 1.00 bits per heavy atom. The van der Waals surface area contributed by atoms with Crippen LogP contribution in [0.15, 0.2) is 48.5 Å². The number of hydrogen-bond donors (Lipinski definition) is 2. The molecule has 2 unspecified atom stereocenters. The molecular formula is C22H24N2O5. The lowest BCUT2D eigenvalue weighted by Crippen LogP contribution is -2.29. The van der Waals surface area contributed by atoms with Gasteiger partial charge in [-0.3, -0.25) is 9.59 Å². The van der Waals surface area contributed by atoms with Crippen molar-refractivity contribution in [2.24, 2.45) is 11.8 Å². The average molecular weight is 396 g/mol. The molecule has 1 saturated carbocycles. The van der Waals surface area contributed by atoms with Gasteiger partial charge < -0.3 is 20.1 Å². The van der Waals surface area contributed by atoms with Crippen LogP contribution in [0.5, 0.6) is 5.75 Å². The first-order valence-corrected chi connectivity index (χ1v) is 9.42. The van der Waals surface area contributed by atoms with Crippen LogP contribution in [0.1, 0.15) is 22.3 Å². The number of benzene rings is 2. The largest absolute Gasteiger partial charge is 0.496 e. The highest BCUT2D eigenvalue weighted by molar-refractivity contribution is 6.00. The van der Waals surface area contributed by atoms with E-state index >= 15 is 0 Å². The third-order valence-electron chi connectivity index (χ3n) is 4.90. The Labute approximate surface area is 169 Å². The molecule has 152 valence electrons. The Kier molecular flexibility index (Phi) is 6.49. The fourth-order valence-electron chi connectivity index (χ4n) is 3.21. The van der Waals surface area contributed by atoms with E-state index in [2.05, 4.69) is 15.4 Å². The number of carbonyl (C=O) groups excluding carboxylic acids is 3. The van der Waals surface area contributed by atoms with Gasteiger partial charge in [-0.05, 0) is 42.7 Å². The number of nitrogens with one attached hydrogen (secondary N) is 2. The molecule has 0 aliphatic heterocycles. The third kappa shape index (κ3) is 5.13. The van der Waals surface area contributed by atoms with Gasteiger partial charge in [0.15, 0.2) is 0 Å². The summed E-state index contributed by atoms with van der Waals surface area (Å²) in [6.45, 7) is 0.477. The monoisotopic (exact) mass is 396 g/mol. The smallest absolute Gasteiger partial charge is 0.337 e. The van der Waals surface area contributed by atoms with Gasteiger partial charge in [0.05, 0.1) is 31.6 Å². The van der Waals surface area contributed by atoms with E-state index in [0.29, 0.717) is 30.6 Å². The summed E-state index contributed by atoms with van der Waals surface area (Å²) in [4.78, 5) is 36.3. The van der Waals surface area contributed by atoms with Gasteiger partial charge in [-0.15, -0.1) is 0 Å². The zero-order valence-electron chi connectivity index (χ0n) is 16.4. The van der Waals surface area contributed by atoms with Gasteiger partial charge >= 0.3 is 5.97 Å². The molecule has 0 heterocycles. The standard InChI is InChI=1S/C22H24N2O5/c1-28-19-9-4-3-6-14(19)10-11-23-20(25)17-13-18(17)21(26)24-16-8-5-7-15(12-16)22(27)29-2/h3-9,12,17-18H,10-11,13H2,1-2H3,(H,23,25)(H,24,26). The van der Waals surface area contributed by atoms with E-state index in [1.165, 1.54) is 7.11 Å². The summed E-state index contributed by atoms with van der Waals surface area (Å²) in [6.07, 6.45) is 1.17. The average Bonchev–Trinajstić information content (AvgIpc) is 3.55. The number of anilines is 1. The van der Waals surface area contributed by atoms with Crippen molar-refractivity contribution in [3.05, 3.63) is 59.7 Å². The molecule has 2 atom stereocenters. The van der Waals surface area contributed by atoms with Crippen molar-refractivity contribution < 1.29 is 23.9 Å². The van der Waals surface area contributed by atoms with Crippen molar-refractivity contribution in [2.75, 3.05) is 26.1 Å². The molecule has 2 aromatic carbocycles. The van der Waals surface area contributed by atoms with Crippen molar-refractivity contribution in [1.82, 2.24) is 5.32 Å². The number of para-hydroxylation sites is 1. The van der Waals surface area contributed by atoms with Crippen LogP contribution in [0.4, 0.5) is 5.69 Å². The maximum atomic E-state index is 12.4. The van der Waals surface area contributed by atoms with Crippen molar-refractivity contribution in [1.29, 1.82) is 0 Å². The molecule has 1 aliphatic rings. The summed E-state index contributed by atoms with van der Waals surface area (Å²) in [5, 5.41) is 5.65. The predicted molar refractivity (Wildman–Crippen MR) is 108 cm³/mol. The fraction of sp³-hybridized carbons (Fsp3) is 0.318. The number of methoxy groups -OCH3 is 2. The van der Waals surface area contributed by atoms with Crippen LogP contribution in [-0.2, 0) is 20.7 Å². The summed E-state index contributed by atoms with van der Waals surface area (Å²) < 4.78 is 9.98. The van der Waals surface area contributed by atoms with E-state index in [-0.39, 0.29) is 23.7 Å². The van der Waals surface area contributed by atoms with Crippen molar-refractivity contribution in [3.8, 4) is 5.75 Å². The van der Waals surface area contributed by atoms with E-state index < -0.39 is 5.97 Å². The molecule has 7 heteroatoms. The van der Waals surface area contributed by atoms with Crippen LogP contribution in [0.25, 0.3) is 0 Å². The highest BCUT2D eigenvalue weighted by Gasteiger charge is 2.47. The van der Waals surface area contributed by atoms with E-state index in [1.54, 1.807) is 31.4 Å². The van der Waals surface area contributed by atoms with Gasteiger partial charge in [0.25, 0.3) is 0 Å². The molecule has 29 heavy (non-hydrogen) atoms. The second-order valence-electron chi connectivity index (χ2n) is 6.86. The molecule has 2 N–H and O–H groups in total. The first-order valence-electron chi connectivity index (χ1n) is 9.42. The lowest BCUT2D eigenvalue weighted by atomic mass is 10.1. The maximum Gasteiger partial charge on any atom is 0.337 e. The normalized spacial score (nSPS) is 17.2. The summed E-state index contributed by atoms with van der Waals surface area (Å²) in [6, 6.07) is 14.2. The lowest BCUT2D eigenvalue weighted by Gasteiger charge is -2.09. The third-order valence-corrected chi connectivity index (χ3v) is 4.90. The van der Waals surface area contributed by atoms with Crippen LogP contribution >= 0.6 is 0 Å². The topological polar surface area (TPSA) is 93.7 Å². The Morgan fingerprint density at radius 3 is 2.52 bits per heavy atom. The van der Waals surface area contributed by atoms with E-state index in [4.69, 9.17) is 4.74 Å². The van der Waals surface area contributed by atoms with Crippen LogP contribution < -0.4 is 15.4 Å². The second-order valence-corrected chi connectivity index (χ2v) is 6.86. The Morgan fingerprint density at radius 2 is 1.76 bits per heavy atom. The molecule has 0 spiro atoms. The quantitative estimate of drug-likeness (QED) is 0.669. The van der Waals surface area contributed by atoms with E-state index in [0.717, 1.165) is 11.3 Å². The minimum Gasteiger partial charge on any atom is -0.496 e. The Balaban J connectivity index is 1.47. The number of rotatable bonds is 8. The first kappa shape index (κ1) is 20.4. The first-order chi connectivity index (χ1) is 14.0. The predicted octanol–water partition coefficient (Wildman–Crippen LogP) is 2.42. The van der Waals surface area contributed by atoms with Gasteiger partial charge in [-0.2, -0.15) is 0 Å². The number of carbonyl (C=O) groups is 3. The molecule has 0 bridgehead atoms. The van der Waals surface area contributed by atoms with Crippen LogP contribution in [0, 0.1) is 11.8 Å². The number of esters is 1. The number of hydrogen-bond acceptors (Lipinski definition) is 5. The lowest BCUT2D eigenvalue weighted by molar-refractivity contribution is -0.125. The van der Waals surface area contributed by atoms with Crippen LogP contribution in [0.3, 0.4) is 0 Å². The molecule has 2 amide bonds. The SMILES string of the molecule is COC(=O)c1cccc(NC(=O)C2CC2C(=O)NCCc2ccccc2OC)c1. The van der Waals surface area contributed by atoms with E-state index in [1.807, 2.05) is 24.3 Å². The molecule has 7 nitrogen and oxygen atoms in total. The summed E-state index contributed by atoms with van der Waals surface area (Å²) in [5.74, 6) is -0.709. The summed E-state index contributed by atoms with van der Waals surface area (Å²) >= 11 is 0. The second kappa shape index (κ2) is 9.23. The number of amides is 2. The fourth-order valence-corrected chi connectivity index (χ4v) is 3.21. The highest BCUT2D eigenvalue weighted by Crippen LogP contribution is 2.39. The molecular weight excluding hydrogens is 372 g/mol. The zero-order valence-corrected chi connectivity index (χ0v) is 16.4. The van der Waals surface area contributed by atoms with Gasteiger partial charge in [-0.1, -0.05) is 24.3 Å². The molecule has 3 rings (SSSR count). The van der Waals surface area contributed by atoms with Gasteiger partial charge in [-0.25, -0.2) is 4.79 Å².